The largest absolute Gasteiger partial charge is 1.00 e. The van der Waals surface area contributed by atoms with Crippen LogP contribution < -0.4 is 148 Å². The monoisotopic (exact) mass is 1410 g/mol. The van der Waals surface area contributed by atoms with Gasteiger partial charge in [-0.3, -0.25) is 19.1 Å². The van der Waals surface area contributed by atoms with Gasteiger partial charge in [0, 0.05) is 18.8 Å². The topological polar surface area (TPSA) is 230 Å². The predicted molar refractivity (Wildman–Crippen MR) is 303 cm³/mol. The number of carbonyl (C=O) groups is 3. The maximum atomic E-state index is 15.3. The van der Waals surface area contributed by atoms with Crippen LogP contribution in [0, 0.1) is 23.3 Å². The van der Waals surface area contributed by atoms with Crippen molar-refractivity contribution in [2.45, 2.75) is 74.6 Å². The molecule has 12 rings (SSSR count). The zero-order valence-corrected chi connectivity index (χ0v) is 58.7. The average Bonchev–Trinajstić information content (AvgIpc) is 1.37. The number of hydrogen-bond acceptors (Lipinski definition) is 16. The molecule has 2 amide bonds. The van der Waals surface area contributed by atoms with Crippen LogP contribution in [0.5, 0.6) is 11.5 Å². The molecule has 4 unspecified atom stereocenters. The molecule has 6 aliphatic heterocycles. The molecular weight excluding hydrogens is 1350 g/mol. The van der Waals surface area contributed by atoms with E-state index in [9.17, 15) is 40.8 Å². The number of pyridine rings is 2. The van der Waals surface area contributed by atoms with Crippen molar-refractivity contribution in [2.75, 3.05) is 69.4 Å². The summed E-state index contributed by atoms with van der Waals surface area (Å²) in [6.07, 6.45) is 5.84. The van der Waals surface area contributed by atoms with Crippen LogP contribution >= 0.6 is 0 Å². The van der Waals surface area contributed by atoms with Crippen molar-refractivity contribution in [3.05, 3.63) is 186 Å². The van der Waals surface area contributed by atoms with Gasteiger partial charge in [0.2, 0.25) is 5.43 Å². The Kier molecular flexibility index (Phi) is 26.4. The van der Waals surface area contributed by atoms with Crippen LogP contribution in [0.2, 0.25) is 0 Å². The van der Waals surface area contributed by atoms with Crippen molar-refractivity contribution in [1.29, 1.82) is 0 Å². The number of morpholine rings is 2. The van der Waals surface area contributed by atoms with E-state index in [4.69, 9.17) is 33.2 Å². The first-order chi connectivity index (χ1) is 41.0. The first kappa shape index (κ1) is 70.7. The van der Waals surface area contributed by atoms with Gasteiger partial charge in [-0.15, -0.1) is 0 Å². The predicted octanol–water partition coefficient (Wildman–Crippen LogP) is -2.50. The van der Waals surface area contributed by atoms with E-state index in [-0.39, 0.29) is 204 Å². The minimum atomic E-state index is -3.76. The van der Waals surface area contributed by atoms with Crippen molar-refractivity contribution in [3.63, 3.8) is 0 Å². The number of unbranched alkanes of at least 4 members (excludes halogenated alkanes) is 2. The van der Waals surface area contributed by atoms with Gasteiger partial charge in [-0.1, -0.05) is 13.3 Å². The van der Waals surface area contributed by atoms with E-state index in [1.165, 1.54) is 18.2 Å². The van der Waals surface area contributed by atoms with Crippen LogP contribution in [0.25, 0.3) is 0 Å². The molecule has 6 aromatic rings. The van der Waals surface area contributed by atoms with E-state index >= 15 is 4.39 Å². The van der Waals surface area contributed by atoms with Gasteiger partial charge in [0.05, 0.1) is 19.8 Å². The quantitative estimate of drug-likeness (QED) is 0.0254. The summed E-state index contributed by atoms with van der Waals surface area (Å²) < 4.78 is 114. The zero-order valence-electron chi connectivity index (χ0n) is 49.2. The number of carbonyl (C=O) groups excluding carboxylic acids is 3. The Hall–Kier alpha value is -3.79. The molecule has 0 bridgehead atoms. The number of amides is 2. The summed E-state index contributed by atoms with van der Waals surface area (Å²) in [6.45, 7) is 7.00. The average molecular weight is 1410 g/mol. The summed E-state index contributed by atoms with van der Waals surface area (Å²) in [6, 6.07) is 22.6. The van der Waals surface area contributed by atoms with Crippen LogP contribution in [0.4, 0.5) is 17.6 Å². The van der Waals surface area contributed by atoms with Gasteiger partial charge in [-0.25, -0.2) is 0 Å². The Bertz CT molecular complexity index is 3720. The number of rotatable bonds is 12. The molecule has 0 aliphatic carbocycles. The van der Waals surface area contributed by atoms with E-state index < -0.39 is 51.7 Å². The Morgan fingerprint density at radius 2 is 1.21 bits per heavy atom. The minimum Gasteiger partial charge on any atom is -1.00 e. The SMILES string of the molecule is CCCCOc1c2n(ccc1=O)N(C1c3ccccc3[Se]Cc3c1ccc(F)c3F)C1COCCN1C2=O.CCCCOc1c2n(ccc1=O)NC1COCCN1C2=O.CS(=O)(=O)OC1c2ccccc2[Se]Cc2c1ccc(F)c2F.O=CO[O-].[H-].[K+].[K+]. The van der Waals surface area contributed by atoms with Crippen LogP contribution in [0.1, 0.15) is 107 Å². The van der Waals surface area contributed by atoms with Gasteiger partial charge in [-0.2, -0.15) is 0 Å². The van der Waals surface area contributed by atoms with Gasteiger partial charge in [0.1, 0.15) is 6.17 Å². The second kappa shape index (κ2) is 32.5. The fraction of sp³-hybridized carbons (Fsp3) is 0.362. The van der Waals surface area contributed by atoms with Gasteiger partial charge >= 0.3 is 461 Å². The Balaban J connectivity index is 0.000000213. The van der Waals surface area contributed by atoms with Gasteiger partial charge in [0.15, 0.2) is 11.4 Å². The summed E-state index contributed by atoms with van der Waals surface area (Å²) >= 11 is -0.264. The first-order valence-electron chi connectivity index (χ1n) is 27.1. The molecule has 6 aliphatic rings. The molecule has 454 valence electrons. The molecule has 2 aromatic heterocycles. The number of aromatic nitrogens is 2. The van der Waals surface area contributed by atoms with Gasteiger partial charge < -0.3 is 31.4 Å². The summed E-state index contributed by atoms with van der Waals surface area (Å²) in [5.74, 6) is -3.92. The third-order valence-electron chi connectivity index (χ3n) is 14.4. The van der Waals surface area contributed by atoms with Gasteiger partial charge in [0.25, 0.3) is 12.4 Å². The number of fused-ring (bicyclic) bond motifs is 8. The van der Waals surface area contributed by atoms with Gasteiger partial charge in [-0.05, 0) is 6.42 Å². The molecule has 0 radical (unpaired) electrons. The minimum absolute atomic E-state index is 0. The van der Waals surface area contributed by atoms with Crippen LogP contribution in [0.3, 0.4) is 0 Å². The van der Waals surface area contributed by atoms with E-state index in [0.29, 0.717) is 79.0 Å². The number of ether oxygens (including phenoxy) is 4. The Morgan fingerprint density at radius 1 is 0.690 bits per heavy atom. The number of nitrogens with one attached hydrogen (secondary N) is 1. The normalized spacial score (nSPS) is 18.5. The fourth-order valence-corrected chi connectivity index (χ4v) is 15.6. The standard InChI is InChI=1S/C28H27F2N3O4Se.C15H12F2O3SSe.C14H19N3O4.CH2O3.2K.H/c1-2-3-13-37-27-21(34)10-11-32-26(27)28(35)31-12-14-36-15-23(31)33(32)25-17-8-9-20(29)24(30)19(17)16-38-22-7-5-4-6-18(22)25;1-21(18,19)20-15-9-6-7-12(16)14(17)11(9)8-22-13-5-3-2-4-10(13)15;1-2-3-7-21-13-10(18)4-5-17-12(13)14(19)16-6-8-20-9-11(16)15-17;2-1-4-3;;;/h4-11,23,25H,2-3,12-16H2,1H3;2-7,15H,8H2,1H3;4-5,11,15H,2-3,6-9H2,1H3;1,3H;;;/q;;;;2*+1;-1/p-1. The van der Waals surface area contributed by atoms with Crippen molar-refractivity contribution in [2.24, 2.45) is 0 Å². The first-order valence-corrected chi connectivity index (χ1v) is 33.0. The number of hydrogen-bond donors (Lipinski definition) is 1. The van der Waals surface area contributed by atoms with E-state index in [1.54, 1.807) is 49.7 Å². The molecule has 87 heavy (non-hydrogen) atoms. The van der Waals surface area contributed by atoms with E-state index in [2.05, 4.69) is 10.3 Å². The maximum Gasteiger partial charge on any atom is 1.00 e. The summed E-state index contributed by atoms with van der Waals surface area (Å²) in [7, 11) is -3.76. The van der Waals surface area contributed by atoms with E-state index in [0.717, 1.165) is 58.6 Å². The van der Waals surface area contributed by atoms with Crippen LogP contribution in [0.15, 0.2) is 107 Å². The molecule has 29 heteroatoms. The molecular formula is C58H60F4K2N6O14SSe2. The molecule has 4 atom stereocenters. The van der Waals surface area contributed by atoms with Crippen LogP contribution in [-0.4, -0.2) is 147 Å². The van der Waals surface area contributed by atoms with E-state index in [1.807, 2.05) is 55.3 Å². The molecule has 1 N–H and O–H groups in total. The maximum absolute atomic E-state index is 15.3. The molecule has 20 nitrogen and oxygen atoms in total. The van der Waals surface area contributed by atoms with Crippen molar-refractivity contribution < 1.29 is 178 Å². The zero-order chi connectivity index (χ0) is 60.5. The molecule has 8 heterocycles. The summed E-state index contributed by atoms with van der Waals surface area (Å²) in [5.41, 5.74) is 6.14. The Labute approximate surface area is 598 Å². The molecule has 4 aromatic carbocycles. The molecule has 0 saturated carbocycles. The molecule has 2 saturated heterocycles. The smallest absolute Gasteiger partial charge is 1.00 e. The number of benzene rings is 4. The third kappa shape index (κ3) is 15.9. The number of nitrogens with zero attached hydrogens (tertiary/aromatic N) is 5. The summed E-state index contributed by atoms with van der Waals surface area (Å²) in [4.78, 5) is 66.1. The fourth-order valence-electron chi connectivity index (χ4n) is 10.4. The van der Waals surface area contributed by atoms with Crippen molar-refractivity contribution in [3.8, 4) is 11.5 Å². The number of halogens is 4. The molecule has 0 spiro atoms. The second-order valence-corrected chi connectivity index (χ2v) is 25.6. The van der Waals surface area contributed by atoms with Crippen LogP contribution in [-0.2, 0) is 44.1 Å². The Morgan fingerprint density at radius 3 is 1.80 bits per heavy atom. The van der Waals surface area contributed by atoms with Crippen molar-refractivity contribution >= 4 is 67.2 Å². The second-order valence-electron chi connectivity index (χ2n) is 19.8. The molecule has 2 fully saturated rings. The van der Waals surface area contributed by atoms with Crippen molar-refractivity contribution in [1.82, 2.24) is 19.2 Å². The summed E-state index contributed by atoms with van der Waals surface area (Å²) in [5, 5.41) is 11.2. The third-order valence-corrected chi connectivity index (χ3v) is 19.6.